The van der Waals surface area contributed by atoms with Gasteiger partial charge in [0.15, 0.2) is 0 Å². The van der Waals surface area contributed by atoms with Crippen LogP contribution >= 0.6 is 0 Å². The summed E-state index contributed by atoms with van der Waals surface area (Å²) in [6, 6.07) is 10.1. The molecule has 2 unspecified atom stereocenters. The molecule has 164 valence electrons. The molecule has 0 saturated carbocycles. The number of rotatable bonds is 3. The van der Waals surface area contributed by atoms with E-state index >= 15 is 0 Å². The third-order valence-electron chi connectivity index (χ3n) is 6.19. The van der Waals surface area contributed by atoms with Crippen LogP contribution in [0.15, 0.2) is 48.7 Å². The Balaban J connectivity index is 1.45. The minimum Gasteiger partial charge on any atom is -0.340 e. The van der Waals surface area contributed by atoms with Crippen LogP contribution in [0.5, 0.6) is 0 Å². The van der Waals surface area contributed by atoms with Crippen molar-refractivity contribution in [1.82, 2.24) is 14.9 Å². The summed E-state index contributed by atoms with van der Waals surface area (Å²) < 4.78 is 27.3. The van der Waals surface area contributed by atoms with Crippen LogP contribution in [0.1, 0.15) is 49.0 Å². The number of amides is 2. The van der Waals surface area contributed by atoms with Gasteiger partial charge in [0.1, 0.15) is 17.5 Å². The zero-order valence-corrected chi connectivity index (χ0v) is 17.3. The minimum atomic E-state index is -0.669. The van der Waals surface area contributed by atoms with E-state index in [1.54, 1.807) is 29.3 Å². The molecule has 3 aromatic rings. The van der Waals surface area contributed by atoms with Crippen molar-refractivity contribution >= 4 is 17.5 Å². The number of H-pyrrole nitrogens is 1. The fourth-order valence-electron chi connectivity index (χ4n) is 4.65. The van der Waals surface area contributed by atoms with Crippen LogP contribution < -0.4 is 5.32 Å². The first kappa shape index (κ1) is 20.4. The van der Waals surface area contributed by atoms with E-state index < -0.39 is 11.7 Å². The van der Waals surface area contributed by atoms with Crippen molar-refractivity contribution in [3.8, 4) is 11.3 Å². The molecule has 1 fully saturated rings. The summed E-state index contributed by atoms with van der Waals surface area (Å²) >= 11 is 0. The highest BCUT2D eigenvalue weighted by atomic mass is 19.1. The number of piperidine rings is 1. The predicted molar refractivity (Wildman–Crippen MR) is 115 cm³/mol. The number of hydrogen-bond acceptors (Lipinski definition) is 3. The number of nitrogens with zero attached hydrogens (tertiary/aromatic N) is 2. The summed E-state index contributed by atoms with van der Waals surface area (Å²) in [6.07, 6.45) is 4.20. The fraction of sp³-hybridized carbons (Fsp3) is 0.292. The Bertz CT molecular complexity index is 1190. The summed E-state index contributed by atoms with van der Waals surface area (Å²) in [7, 11) is 0. The number of benzene rings is 2. The lowest BCUT2D eigenvalue weighted by Gasteiger charge is -2.38. The van der Waals surface area contributed by atoms with Gasteiger partial charge in [-0.05, 0) is 49.1 Å². The van der Waals surface area contributed by atoms with Gasteiger partial charge < -0.3 is 15.2 Å². The van der Waals surface area contributed by atoms with Crippen molar-refractivity contribution in [1.29, 1.82) is 0 Å². The minimum absolute atomic E-state index is 0.0212. The van der Waals surface area contributed by atoms with Gasteiger partial charge in [-0.25, -0.2) is 13.8 Å². The third-order valence-corrected chi connectivity index (χ3v) is 6.19. The van der Waals surface area contributed by atoms with E-state index in [2.05, 4.69) is 15.3 Å². The van der Waals surface area contributed by atoms with Gasteiger partial charge >= 0.3 is 0 Å². The van der Waals surface area contributed by atoms with Crippen LogP contribution in [0.3, 0.4) is 0 Å². The van der Waals surface area contributed by atoms with Gasteiger partial charge in [0.25, 0.3) is 0 Å². The SMILES string of the molecule is O=C1CC(C(=O)N2CCCCC2c2ncc(-c3cccc(F)c3)[nH]2)c2ccc(F)cc2N1. The van der Waals surface area contributed by atoms with E-state index in [1.807, 2.05) is 0 Å². The molecule has 3 heterocycles. The second kappa shape index (κ2) is 8.18. The van der Waals surface area contributed by atoms with Crippen LogP contribution in [-0.4, -0.2) is 33.2 Å². The van der Waals surface area contributed by atoms with Gasteiger partial charge in [0, 0.05) is 24.2 Å². The van der Waals surface area contributed by atoms with Gasteiger partial charge in [-0.3, -0.25) is 9.59 Å². The van der Waals surface area contributed by atoms with E-state index in [0.717, 1.165) is 19.3 Å². The fourth-order valence-corrected chi connectivity index (χ4v) is 4.65. The molecule has 0 spiro atoms. The predicted octanol–water partition coefficient (Wildman–Crippen LogP) is 4.53. The standard InChI is InChI=1S/C24H22F2N4O2/c25-15-5-3-4-14(10-15)20-13-27-23(29-20)21-6-1-2-9-30(21)24(32)18-12-22(31)28-19-11-16(26)7-8-17(18)19/h3-5,7-8,10-11,13,18,21H,1-2,6,9,12H2,(H,27,29)(H,28,31). The normalized spacial score (nSPS) is 20.6. The number of nitrogens with one attached hydrogen (secondary N) is 2. The molecule has 2 amide bonds. The first-order valence-corrected chi connectivity index (χ1v) is 10.7. The lowest BCUT2D eigenvalue weighted by molar-refractivity contribution is -0.138. The van der Waals surface area contributed by atoms with Crippen LogP contribution in [0.2, 0.25) is 0 Å². The number of hydrogen-bond donors (Lipinski definition) is 2. The molecule has 8 heteroatoms. The molecule has 6 nitrogen and oxygen atoms in total. The Labute approximate surface area is 183 Å². The molecular formula is C24H22F2N4O2. The molecule has 0 bridgehead atoms. The van der Waals surface area contributed by atoms with E-state index in [1.165, 1.54) is 24.3 Å². The summed E-state index contributed by atoms with van der Waals surface area (Å²) in [5.74, 6) is -1.30. The molecule has 2 N–H and O–H groups in total. The van der Waals surface area contributed by atoms with Crippen molar-refractivity contribution in [3.63, 3.8) is 0 Å². The number of anilines is 1. The quantitative estimate of drug-likeness (QED) is 0.633. The highest BCUT2D eigenvalue weighted by Crippen LogP contribution is 2.38. The topological polar surface area (TPSA) is 78.1 Å². The van der Waals surface area contributed by atoms with E-state index in [-0.39, 0.29) is 30.1 Å². The lowest BCUT2D eigenvalue weighted by Crippen LogP contribution is -2.43. The van der Waals surface area contributed by atoms with Crippen LogP contribution in [0.25, 0.3) is 11.3 Å². The van der Waals surface area contributed by atoms with Gasteiger partial charge in [-0.15, -0.1) is 0 Å². The molecule has 0 radical (unpaired) electrons. The van der Waals surface area contributed by atoms with Crippen molar-refractivity contribution in [2.24, 2.45) is 0 Å². The van der Waals surface area contributed by atoms with E-state index in [0.29, 0.717) is 34.9 Å². The zero-order valence-electron chi connectivity index (χ0n) is 17.3. The molecule has 0 aliphatic carbocycles. The number of aromatic nitrogens is 2. The van der Waals surface area contributed by atoms with Gasteiger partial charge in [-0.1, -0.05) is 18.2 Å². The van der Waals surface area contributed by atoms with Crippen molar-refractivity contribution in [2.45, 2.75) is 37.6 Å². The molecule has 2 aliphatic rings. The average Bonchev–Trinajstić information content (AvgIpc) is 3.28. The number of likely N-dealkylation sites (tertiary alicyclic amines) is 1. The molecule has 1 saturated heterocycles. The summed E-state index contributed by atoms with van der Waals surface area (Å²) in [5.41, 5.74) is 2.33. The molecule has 1 aromatic heterocycles. The lowest BCUT2D eigenvalue weighted by atomic mass is 9.87. The van der Waals surface area contributed by atoms with E-state index in [9.17, 15) is 18.4 Å². The molecule has 2 aromatic carbocycles. The molecule has 32 heavy (non-hydrogen) atoms. The first-order chi connectivity index (χ1) is 15.5. The Morgan fingerprint density at radius 1 is 1.09 bits per heavy atom. The Morgan fingerprint density at radius 2 is 1.94 bits per heavy atom. The van der Waals surface area contributed by atoms with Gasteiger partial charge in [-0.2, -0.15) is 0 Å². The van der Waals surface area contributed by atoms with Crippen LogP contribution in [0.4, 0.5) is 14.5 Å². The molecule has 5 rings (SSSR count). The second-order valence-electron chi connectivity index (χ2n) is 8.27. The number of halogens is 2. The van der Waals surface area contributed by atoms with Gasteiger partial charge in [0.2, 0.25) is 11.8 Å². The number of aromatic amines is 1. The first-order valence-electron chi connectivity index (χ1n) is 10.7. The molecule has 2 atom stereocenters. The number of imidazole rings is 1. The zero-order chi connectivity index (χ0) is 22.2. The Kier molecular flexibility index (Phi) is 5.20. The number of carbonyl (C=O) groups is 2. The maximum atomic E-state index is 13.7. The highest BCUT2D eigenvalue weighted by molar-refractivity contribution is 6.01. The largest absolute Gasteiger partial charge is 0.340 e. The smallest absolute Gasteiger partial charge is 0.231 e. The molecular weight excluding hydrogens is 414 g/mol. The maximum Gasteiger partial charge on any atom is 0.231 e. The third kappa shape index (κ3) is 3.77. The van der Waals surface area contributed by atoms with Gasteiger partial charge in [0.05, 0.1) is 23.9 Å². The van der Waals surface area contributed by atoms with Crippen molar-refractivity contribution < 1.29 is 18.4 Å². The van der Waals surface area contributed by atoms with Crippen molar-refractivity contribution in [3.05, 3.63) is 71.7 Å². The Morgan fingerprint density at radius 3 is 2.78 bits per heavy atom. The summed E-state index contributed by atoms with van der Waals surface area (Å²) in [6.45, 7) is 0.550. The highest BCUT2D eigenvalue weighted by Gasteiger charge is 2.38. The number of fused-ring (bicyclic) bond motifs is 1. The van der Waals surface area contributed by atoms with Crippen LogP contribution in [0, 0.1) is 11.6 Å². The monoisotopic (exact) mass is 436 g/mol. The van der Waals surface area contributed by atoms with Crippen molar-refractivity contribution in [2.75, 3.05) is 11.9 Å². The summed E-state index contributed by atoms with van der Waals surface area (Å²) in [4.78, 5) is 35.3. The maximum absolute atomic E-state index is 13.7. The molecule has 2 aliphatic heterocycles. The number of carbonyl (C=O) groups excluding carboxylic acids is 2. The van der Waals surface area contributed by atoms with E-state index in [4.69, 9.17) is 0 Å². The Hall–Kier alpha value is -3.55. The second-order valence-corrected chi connectivity index (χ2v) is 8.27. The summed E-state index contributed by atoms with van der Waals surface area (Å²) in [5, 5.41) is 2.66. The average molecular weight is 436 g/mol. The van der Waals surface area contributed by atoms with Crippen LogP contribution in [-0.2, 0) is 9.59 Å².